The highest BCUT2D eigenvalue weighted by atomic mass is 16.6. The van der Waals surface area contributed by atoms with Gasteiger partial charge in [-0.15, -0.1) is 10.2 Å². The largest absolute Gasteiger partial charge is 0.494 e. The first-order valence-corrected chi connectivity index (χ1v) is 20.2. The van der Waals surface area contributed by atoms with Crippen molar-refractivity contribution in [3.63, 3.8) is 0 Å². The van der Waals surface area contributed by atoms with Crippen LogP contribution in [-0.4, -0.2) is 44.3 Å². The van der Waals surface area contributed by atoms with Gasteiger partial charge in [-0.2, -0.15) is 10.2 Å². The van der Waals surface area contributed by atoms with Gasteiger partial charge in [-0.1, -0.05) is 103 Å². The minimum Gasteiger partial charge on any atom is -0.494 e. The quantitative estimate of drug-likeness (QED) is 0.0236. The number of nitro benzene ring substituents is 1. The number of hydrogen-bond acceptors (Lipinski definition) is 11. The molecule has 55 heavy (non-hydrogen) atoms. The fourth-order valence-corrected chi connectivity index (χ4v) is 6.53. The van der Waals surface area contributed by atoms with E-state index < -0.39 is 4.92 Å². The number of methoxy groups -OCH3 is 2. The van der Waals surface area contributed by atoms with Crippen LogP contribution in [0, 0.1) is 10.1 Å². The van der Waals surface area contributed by atoms with Gasteiger partial charge in [0.15, 0.2) is 0 Å². The van der Waals surface area contributed by atoms with Gasteiger partial charge in [0.1, 0.15) is 28.9 Å². The normalized spacial score (nSPS) is 11.9. The molecule has 1 atom stereocenters. The van der Waals surface area contributed by atoms with Crippen molar-refractivity contribution >= 4 is 40.1 Å². The monoisotopic (exact) mass is 758 g/mol. The lowest BCUT2D eigenvalue weighted by molar-refractivity contribution is -0.384. The molecule has 0 spiro atoms. The van der Waals surface area contributed by atoms with E-state index in [1.807, 2.05) is 31.2 Å². The molecule has 0 radical (unpaired) electrons. The predicted molar refractivity (Wildman–Crippen MR) is 220 cm³/mol. The molecular weight excluding hydrogens is 697 g/mol. The van der Waals surface area contributed by atoms with Crippen molar-refractivity contribution in [2.24, 2.45) is 20.5 Å². The zero-order valence-electron chi connectivity index (χ0n) is 33.7. The van der Waals surface area contributed by atoms with E-state index in [0.717, 1.165) is 24.9 Å². The number of unbranched alkanes of at least 4 members (excludes halogenated alkanes) is 14. The smallest absolute Gasteiger partial charge is 0.328 e. The van der Waals surface area contributed by atoms with Crippen molar-refractivity contribution < 1.29 is 23.9 Å². The first kappa shape index (κ1) is 44.5. The third-order valence-electron chi connectivity index (χ3n) is 9.63. The van der Waals surface area contributed by atoms with Gasteiger partial charge < -0.3 is 19.1 Å². The first-order chi connectivity index (χ1) is 26.8. The highest BCUT2D eigenvalue weighted by molar-refractivity contribution is 5.80. The van der Waals surface area contributed by atoms with Crippen LogP contribution >= 0.6 is 0 Å². The average molecular weight is 759 g/mol. The van der Waals surface area contributed by atoms with E-state index in [1.165, 1.54) is 122 Å². The molecule has 0 aliphatic rings. The molecule has 0 N–H and O–H groups in total. The predicted octanol–water partition coefficient (Wildman–Crippen LogP) is 13.5. The maximum Gasteiger partial charge on any atom is 0.328 e. The number of hydrogen-bond donors (Lipinski definition) is 0. The summed E-state index contributed by atoms with van der Waals surface area (Å²) < 4.78 is 16.6. The lowest BCUT2D eigenvalue weighted by Crippen LogP contribution is -2.42. The molecule has 0 amide bonds. The van der Waals surface area contributed by atoms with Gasteiger partial charge in [0, 0.05) is 36.5 Å². The van der Waals surface area contributed by atoms with E-state index in [1.54, 1.807) is 12.1 Å². The van der Waals surface area contributed by atoms with Gasteiger partial charge in [0.2, 0.25) is 0 Å². The molecule has 0 saturated heterocycles. The van der Waals surface area contributed by atoms with Gasteiger partial charge in [-0.05, 0) is 56.7 Å². The molecule has 0 fully saturated rings. The third-order valence-corrected chi connectivity index (χ3v) is 9.63. The number of carbonyl (C=O) groups excluding carboxylic acids is 1. The molecule has 0 aliphatic carbocycles. The molecule has 0 saturated carbocycles. The molecule has 0 heterocycles. The molecule has 300 valence electrons. The summed E-state index contributed by atoms with van der Waals surface area (Å²) in [6, 6.07) is 16.3. The molecule has 3 aromatic carbocycles. The summed E-state index contributed by atoms with van der Waals surface area (Å²) in [7, 11) is 3.03. The molecule has 0 aliphatic heterocycles. The number of azo groups is 2. The van der Waals surface area contributed by atoms with E-state index >= 15 is 0 Å². The van der Waals surface area contributed by atoms with Crippen molar-refractivity contribution in [3.05, 3.63) is 70.8 Å². The fraction of sp³-hybridized carbons (Fsp3) is 0.558. The maximum absolute atomic E-state index is 13.2. The number of nitro groups is 1. The summed E-state index contributed by atoms with van der Waals surface area (Å²) >= 11 is 0. The van der Waals surface area contributed by atoms with Gasteiger partial charge in [-0.3, -0.25) is 10.1 Å². The second-order valence-electron chi connectivity index (χ2n) is 13.7. The number of likely N-dealkylation sites (N-methyl/N-ethyl adjacent to an activating group) is 1. The van der Waals surface area contributed by atoms with E-state index in [0.29, 0.717) is 47.4 Å². The fourth-order valence-electron chi connectivity index (χ4n) is 6.53. The Hall–Kier alpha value is -4.87. The summed E-state index contributed by atoms with van der Waals surface area (Å²) in [6.07, 6.45) is 20.3. The molecule has 0 aromatic heterocycles. The molecule has 0 bridgehead atoms. The maximum atomic E-state index is 13.2. The number of rotatable bonds is 28. The lowest BCUT2D eigenvalue weighted by Gasteiger charge is -2.31. The summed E-state index contributed by atoms with van der Waals surface area (Å²) in [6.45, 7) is 7.19. The molecule has 12 heteroatoms. The molecule has 1 unspecified atom stereocenters. The average Bonchev–Trinajstić information content (AvgIpc) is 3.20. The van der Waals surface area contributed by atoms with Crippen LogP contribution in [-0.2, 0) is 9.53 Å². The summed E-state index contributed by atoms with van der Waals surface area (Å²) in [5.74, 6) is 0.621. The minimum atomic E-state index is -0.472. The zero-order valence-corrected chi connectivity index (χ0v) is 33.7. The third kappa shape index (κ3) is 15.8. The van der Waals surface area contributed by atoms with Crippen LogP contribution in [0.25, 0.3) is 0 Å². The number of nitrogens with zero attached hydrogens (tertiary/aromatic N) is 6. The molecule has 12 nitrogen and oxygen atoms in total. The highest BCUT2D eigenvalue weighted by Crippen LogP contribution is 2.41. The van der Waals surface area contributed by atoms with Gasteiger partial charge in [0.25, 0.3) is 5.69 Å². The van der Waals surface area contributed by atoms with Crippen molar-refractivity contribution in [1.29, 1.82) is 0 Å². The zero-order chi connectivity index (χ0) is 39.7. The van der Waals surface area contributed by atoms with Crippen LogP contribution in [0.3, 0.4) is 0 Å². The Labute approximate surface area is 327 Å². The number of esters is 1. The van der Waals surface area contributed by atoms with E-state index in [2.05, 4.69) is 39.2 Å². The summed E-state index contributed by atoms with van der Waals surface area (Å²) in [4.78, 5) is 25.7. The standard InChI is InChI=1S/C43H62N6O6/c1-6-9-10-11-12-13-14-15-16-17-18-19-20-21-22-23-40(43(50)55-8-3)48(7-2)36-28-24-34(25-29-36)44-46-38-32-42(54-5)39(33-41(38)53-4)47-45-35-26-30-37(31-27-35)49(51)52/h24-33,40H,6-23H2,1-5H3/b46-44+,47-45+. The Morgan fingerprint density at radius 1 is 0.655 bits per heavy atom. The van der Waals surface area contributed by atoms with Crippen molar-refractivity contribution in [3.8, 4) is 11.5 Å². The Kier molecular flexibility index (Phi) is 21.1. The minimum absolute atomic E-state index is 0.0308. The van der Waals surface area contributed by atoms with E-state index in [9.17, 15) is 14.9 Å². The van der Waals surface area contributed by atoms with Crippen LogP contribution in [0.4, 0.5) is 34.1 Å². The van der Waals surface area contributed by atoms with Gasteiger partial charge >= 0.3 is 5.97 Å². The summed E-state index contributed by atoms with van der Waals surface area (Å²) in [5.41, 5.74) is 2.77. The molecular formula is C43H62N6O6. The number of ether oxygens (including phenoxy) is 3. The Balaban J connectivity index is 1.55. The SMILES string of the molecule is CCCCCCCCCCCCCCCCCC(C(=O)OCC)N(CC)c1ccc(/N=N/c2cc(OC)c(/N=N/c3ccc([N+](=O)[O-])cc3)cc2OC)cc1. The van der Waals surface area contributed by atoms with Crippen LogP contribution in [0.15, 0.2) is 81.1 Å². The van der Waals surface area contributed by atoms with Gasteiger partial charge in [-0.25, -0.2) is 4.79 Å². The van der Waals surface area contributed by atoms with E-state index in [4.69, 9.17) is 14.2 Å². The highest BCUT2D eigenvalue weighted by Gasteiger charge is 2.26. The van der Waals surface area contributed by atoms with Crippen LogP contribution in [0.1, 0.15) is 124 Å². The van der Waals surface area contributed by atoms with Crippen LogP contribution in [0.5, 0.6) is 11.5 Å². The number of benzene rings is 3. The number of non-ortho nitro benzene ring substituents is 1. The van der Waals surface area contributed by atoms with E-state index in [-0.39, 0.29) is 17.7 Å². The van der Waals surface area contributed by atoms with Crippen molar-refractivity contribution in [2.75, 3.05) is 32.3 Å². The second-order valence-corrected chi connectivity index (χ2v) is 13.7. The van der Waals surface area contributed by atoms with Gasteiger partial charge in [0.05, 0.1) is 37.1 Å². The molecule has 3 rings (SSSR count). The lowest BCUT2D eigenvalue weighted by atomic mass is 10.0. The van der Waals surface area contributed by atoms with Crippen molar-refractivity contribution in [2.45, 2.75) is 130 Å². The number of carbonyl (C=O) groups is 1. The summed E-state index contributed by atoms with van der Waals surface area (Å²) in [5, 5.41) is 28.2. The van der Waals surface area contributed by atoms with Crippen LogP contribution < -0.4 is 14.4 Å². The van der Waals surface area contributed by atoms with Crippen LogP contribution in [0.2, 0.25) is 0 Å². The Morgan fingerprint density at radius 2 is 1.09 bits per heavy atom. The Bertz CT molecular complexity index is 1610. The number of anilines is 1. The van der Waals surface area contributed by atoms with Crippen molar-refractivity contribution in [1.82, 2.24) is 0 Å². The first-order valence-electron chi connectivity index (χ1n) is 20.2. The Morgan fingerprint density at radius 3 is 1.49 bits per heavy atom. The molecule has 3 aromatic rings. The second kappa shape index (κ2) is 26.0. The topological polar surface area (TPSA) is 141 Å².